The third-order valence-electron chi connectivity index (χ3n) is 10.1. The molecule has 0 amide bonds. The summed E-state index contributed by atoms with van der Waals surface area (Å²) in [5.74, 6) is 0. The van der Waals surface area contributed by atoms with E-state index in [4.69, 9.17) is 0 Å². The number of benzene rings is 4. The zero-order chi connectivity index (χ0) is 30.5. The fraction of sp³-hybridized carbons (Fsp3) is 0.333. The monoisotopic (exact) mass is 670 g/mol. The zero-order valence-corrected chi connectivity index (χ0v) is 31.3. The second kappa shape index (κ2) is 13.2. The second-order valence-corrected chi connectivity index (χ2v) is 17.7. The van der Waals surface area contributed by atoms with E-state index in [1.165, 1.54) is 92.7 Å². The predicted molar refractivity (Wildman–Crippen MR) is 196 cm³/mol. The number of aryl methyl sites for hydroxylation is 6. The van der Waals surface area contributed by atoms with E-state index in [2.05, 4.69) is 115 Å². The molecule has 2 heteroatoms. The summed E-state index contributed by atoms with van der Waals surface area (Å²) in [7, 11) is -1.98. The number of hydrogen-bond donors (Lipinski definition) is 0. The van der Waals surface area contributed by atoms with Gasteiger partial charge in [0.2, 0.25) is 0 Å². The standard InChI is InChI=1S/C34H30Si.2C4H9.Zr/c1-19-15-27-25-9-5-7-21-11-13-23(31(21)25)17-29(27)33(19)35(3,4)34-20(2)16-28-26-10-6-8-22-12-14-24(32(22)26)18-30(28)34;2*1-3-4-2;/h5-10,15-18H,11-14H2,1-4H3;2*1,3-4H2,2H3;/q-2;2*-1;+4. The molecule has 0 bridgehead atoms. The Hall–Kier alpha value is -2.28. The number of fused-ring (bicyclic) bond motifs is 4. The molecule has 6 aromatic rings. The summed E-state index contributed by atoms with van der Waals surface area (Å²) in [4.78, 5) is 0. The molecule has 0 spiro atoms. The van der Waals surface area contributed by atoms with E-state index >= 15 is 0 Å². The second-order valence-electron chi connectivity index (χ2n) is 13.4. The van der Waals surface area contributed by atoms with Crippen LogP contribution in [0.3, 0.4) is 0 Å². The maximum absolute atomic E-state index is 3.60. The van der Waals surface area contributed by atoms with Gasteiger partial charge in [0.1, 0.15) is 0 Å². The van der Waals surface area contributed by atoms with E-state index in [1.54, 1.807) is 32.6 Å². The molecule has 8 rings (SSSR count). The van der Waals surface area contributed by atoms with Crippen LogP contribution >= 0.6 is 0 Å². The van der Waals surface area contributed by atoms with Crippen LogP contribution in [0, 0.1) is 27.7 Å². The normalized spacial score (nSPS) is 13.3. The average molecular weight is 672 g/mol. The average Bonchev–Trinajstić information content (AvgIpc) is 3.78. The molecule has 0 heterocycles. The van der Waals surface area contributed by atoms with Crippen molar-refractivity contribution in [2.24, 2.45) is 0 Å². The van der Waals surface area contributed by atoms with Gasteiger partial charge in [0, 0.05) is 8.07 Å². The molecule has 0 fully saturated rings. The van der Waals surface area contributed by atoms with Crippen molar-refractivity contribution < 1.29 is 26.2 Å². The third kappa shape index (κ3) is 5.33. The van der Waals surface area contributed by atoms with Gasteiger partial charge in [-0.2, -0.15) is 25.0 Å². The van der Waals surface area contributed by atoms with Crippen molar-refractivity contribution in [1.29, 1.82) is 0 Å². The molecule has 0 aromatic heterocycles. The topological polar surface area (TPSA) is 0 Å². The van der Waals surface area contributed by atoms with Crippen molar-refractivity contribution in [1.82, 2.24) is 0 Å². The van der Waals surface area contributed by atoms with Crippen LogP contribution in [0.15, 0.2) is 60.7 Å². The van der Waals surface area contributed by atoms with Crippen LogP contribution in [0.2, 0.25) is 13.1 Å². The Morgan fingerprint density at radius 2 is 0.955 bits per heavy atom. The van der Waals surface area contributed by atoms with Gasteiger partial charge in [-0.1, -0.05) is 112 Å². The molecule has 0 radical (unpaired) electrons. The predicted octanol–water partition coefficient (Wildman–Crippen LogP) is 10.6. The van der Waals surface area contributed by atoms with Crippen molar-refractivity contribution in [3.8, 4) is 0 Å². The first kappa shape index (κ1) is 33.1. The Kier molecular flexibility index (Phi) is 9.94. The first-order valence-corrected chi connectivity index (χ1v) is 19.6. The molecule has 224 valence electrons. The van der Waals surface area contributed by atoms with Crippen LogP contribution in [0.4, 0.5) is 0 Å². The fourth-order valence-corrected chi connectivity index (χ4v) is 12.3. The minimum Gasteiger partial charge on any atom is -0.343 e. The molecule has 0 atom stereocenters. The van der Waals surface area contributed by atoms with Crippen LogP contribution in [0.25, 0.3) is 43.1 Å². The first-order chi connectivity index (χ1) is 20.8. The van der Waals surface area contributed by atoms with Crippen LogP contribution in [-0.2, 0) is 51.9 Å². The van der Waals surface area contributed by atoms with Crippen LogP contribution in [0.5, 0.6) is 0 Å². The summed E-state index contributed by atoms with van der Waals surface area (Å²) in [6.07, 6.45) is 9.32. The zero-order valence-electron chi connectivity index (χ0n) is 27.8. The van der Waals surface area contributed by atoms with E-state index in [9.17, 15) is 0 Å². The minimum atomic E-state index is -1.98. The molecular formula is C42H48SiZr. The van der Waals surface area contributed by atoms with E-state index in [-0.39, 0.29) is 26.2 Å². The van der Waals surface area contributed by atoms with Gasteiger partial charge in [-0.05, 0) is 47.6 Å². The third-order valence-corrected chi connectivity index (χ3v) is 13.9. The summed E-state index contributed by atoms with van der Waals surface area (Å²) >= 11 is 0. The van der Waals surface area contributed by atoms with Crippen LogP contribution in [-0.4, -0.2) is 8.07 Å². The van der Waals surface area contributed by atoms with Crippen molar-refractivity contribution >= 4 is 61.5 Å². The molecule has 0 nitrogen and oxygen atoms in total. The van der Waals surface area contributed by atoms with Gasteiger partial charge in [0.15, 0.2) is 0 Å². The summed E-state index contributed by atoms with van der Waals surface area (Å²) in [6.45, 7) is 21.4. The Labute approximate surface area is 286 Å². The van der Waals surface area contributed by atoms with Crippen LogP contribution in [0.1, 0.15) is 72.9 Å². The number of unbranched alkanes of at least 4 members (excludes halogenated alkanes) is 2. The SMILES string of the molecule is Cc1cc2c3cccc4c3c(cc2[c-]1[Si](C)(C)[c-]1c(C)cc2c3cccc5c3c(cc21)CC5)CC4.[CH2-]CCC.[CH2-]CCC.[Zr+4]. The van der Waals surface area contributed by atoms with Gasteiger partial charge < -0.3 is 13.8 Å². The molecular weight excluding hydrogens is 624 g/mol. The molecule has 0 unspecified atom stereocenters. The van der Waals surface area contributed by atoms with E-state index in [0.717, 1.165) is 12.8 Å². The molecule has 2 aliphatic carbocycles. The quantitative estimate of drug-likeness (QED) is 0.129. The largest absolute Gasteiger partial charge is 4.00 e. The summed E-state index contributed by atoms with van der Waals surface area (Å²) in [5, 5.41) is 15.3. The summed E-state index contributed by atoms with van der Waals surface area (Å²) < 4.78 is 0. The maximum atomic E-state index is 3.60. The van der Waals surface area contributed by atoms with Gasteiger partial charge in [0.05, 0.1) is 0 Å². The van der Waals surface area contributed by atoms with Crippen molar-refractivity contribution in [3.05, 3.63) is 108 Å². The van der Waals surface area contributed by atoms with E-state index in [1.807, 2.05) is 0 Å². The van der Waals surface area contributed by atoms with Crippen molar-refractivity contribution in [2.75, 3.05) is 0 Å². The first-order valence-electron chi connectivity index (χ1n) is 16.6. The molecule has 0 N–H and O–H groups in total. The Morgan fingerprint density at radius 1 is 0.591 bits per heavy atom. The maximum Gasteiger partial charge on any atom is 4.00 e. The van der Waals surface area contributed by atoms with Gasteiger partial charge in [-0.15, -0.1) is 55.2 Å². The summed E-state index contributed by atoms with van der Waals surface area (Å²) in [6, 6.07) is 24.1. The van der Waals surface area contributed by atoms with Gasteiger partial charge in [-0.3, -0.25) is 0 Å². The Bertz CT molecular complexity index is 1820. The van der Waals surface area contributed by atoms with Gasteiger partial charge in [0.25, 0.3) is 0 Å². The Balaban J connectivity index is 0.000000385. The van der Waals surface area contributed by atoms with E-state index in [0.29, 0.717) is 0 Å². The molecule has 6 aromatic carbocycles. The number of hydrogen-bond acceptors (Lipinski definition) is 0. The molecule has 0 saturated carbocycles. The van der Waals surface area contributed by atoms with Gasteiger partial charge >= 0.3 is 26.2 Å². The molecule has 44 heavy (non-hydrogen) atoms. The van der Waals surface area contributed by atoms with Gasteiger partial charge in [-0.25, -0.2) is 0 Å². The van der Waals surface area contributed by atoms with Crippen molar-refractivity contribution in [3.63, 3.8) is 0 Å². The van der Waals surface area contributed by atoms with E-state index < -0.39 is 8.07 Å². The minimum absolute atomic E-state index is 0. The smallest absolute Gasteiger partial charge is 0.343 e. The van der Waals surface area contributed by atoms with Crippen LogP contribution < -0.4 is 10.4 Å². The molecule has 2 aliphatic rings. The fourth-order valence-electron chi connectivity index (χ4n) is 8.21. The number of rotatable bonds is 4. The summed E-state index contributed by atoms with van der Waals surface area (Å²) in [5.41, 5.74) is 9.19. The molecule has 0 saturated heterocycles. The Morgan fingerprint density at radius 3 is 1.32 bits per heavy atom. The molecule has 0 aliphatic heterocycles. The van der Waals surface area contributed by atoms with Crippen molar-refractivity contribution in [2.45, 2.75) is 92.2 Å².